The third kappa shape index (κ3) is 2.90. The number of para-hydroxylation sites is 1. The Bertz CT molecular complexity index is 657. The summed E-state index contributed by atoms with van der Waals surface area (Å²) in [5.74, 6) is 0.209. The van der Waals surface area contributed by atoms with Gasteiger partial charge in [0.1, 0.15) is 0 Å². The first-order valence-electron chi connectivity index (χ1n) is 7.80. The summed E-state index contributed by atoms with van der Waals surface area (Å²) in [6, 6.07) is 9.98. The van der Waals surface area contributed by atoms with Crippen LogP contribution in [0.4, 0.5) is 5.69 Å². The smallest absolute Gasteiger partial charge is 0.227 e. The Balaban J connectivity index is 1.82. The molecule has 1 aromatic carbocycles. The van der Waals surface area contributed by atoms with Gasteiger partial charge in [-0.3, -0.25) is 4.79 Å². The second-order valence-electron chi connectivity index (χ2n) is 5.81. The lowest BCUT2D eigenvalue weighted by molar-refractivity contribution is -0.120. The van der Waals surface area contributed by atoms with Gasteiger partial charge >= 0.3 is 0 Å². The number of amides is 1. The Hall–Kier alpha value is -2.14. The van der Waals surface area contributed by atoms with Gasteiger partial charge in [0.25, 0.3) is 0 Å². The van der Waals surface area contributed by atoms with Gasteiger partial charge in [0, 0.05) is 5.92 Å². The van der Waals surface area contributed by atoms with Crippen LogP contribution in [0.1, 0.15) is 24.2 Å². The molecule has 1 aliphatic rings. The minimum absolute atomic E-state index is 0.0973. The summed E-state index contributed by atoms with van der Waals surface area (Å²) in [4.78, 5) is 12.4. The van der Waals surface area contributed by atoms with E-state index in [1.54, 1.807) is 0 Å². The van der Waals surface area contributed by atoms with Crippen molar-refractivity contribution in [3.63, 3.8) is 0 Å². The average molecular weight is 298 g/mol. The van der Waals surface area contributed by atoms with Gasteiger partial charge in [-0.25, -0.2) is 4.68 Å². The molecule has 116 valence electrons. The number of carbonyl (C=O) groups excluding carboxylic acids is 1. The summed E-state index contributed by atoms with van der Waals surface area (Å²) in [6.07, 6.45) is 1.80. The molecule has 1 amide bonds. The number of hydrogen-bond donors (Lipinski definition) is 2. The summed E-state index contributed by atoms with van der Waals surface area (Å²) in [5.41, 5.74) is 3.66. The Labute approximate surface area is 130 Å². The summed E-state index contributed by atoms with van der Waals surface area (Å²) in [5, 5.41) is 10.9. The molecule has 2 heterocycles. The second-order valence-corrected chi connectivity index (χ2v) is 5.81. The number of aryl methyl sites for hydroxylation is 1. The van der Waals surface area contributed by atoms with Crippen molar-refractivity contribution in [2.45, 2.75) is 26.7 Å². The lowest BCUT2D eigenvalue weighted by Gasteiger charge is -2.21. The lowest BCUT2D eigenvalue weighted by atomic mass is 9.97. The Morgan fingerprint density at radius 2 is 1.91 bits per heavy atom. The Kier molecular flexibility index (Phi) is 4.24. The number of nitrogens with zero attached hydrogens (tertiary/aromatic N) is 2. The normalized spacial score (nSPS) is 15.7. The largest absolute Gasteiger partial charge is 0.323 e. The van der Waals surface area contributed by atoms with E-state index in [4.69, 9.17) is 0 Å². The van der Waals surface area contributed by atoms with E-state index in [0.29, 0.717) is 0 Å². The molecule has 0 bridgehead atoms. The number of aromatic nitrogens is 2. The third-order valence-electron chi connectivity index (χ3n) is 4.25. The number of piperidine rings is 1. The van der Waals surface area contributed by atoms with Crippen molar-refractivity contribution < 1.29 is 4.79 Å². The van der Waals surface area contributed by atoms with Crippen LogP contribution < -0.4 is 10.6 Å². The van der Waals surface area contributed by atoms with Gasteiger partial charge in [0.15, 0.2) is 0 Å². The molecule has 2 N–H and O–H groups in total. The van der Waals surface area contributed by atoms with Crippen LogP contribution in [-0.4, -0.2) is 28.8 Å². The standard InChI is InChI=1S/C17H22N4O/c1-12-16(19-17(22)14-8-10-18-11-9-14)13(2)21(20-12)15-6-4-3-5-7-15/h3-7,14,18H,8-11H2,1-2H3,(H,19,22). The summed E-state index contributed by atoms with van der Waals surface area (Å²) >= 11 is 0. The Morgan fingerprint density at radius 1 is 1.23 bits per heavy atom. The molecule has 2 aromatic rings. The van der Waals surface area contributed by atoms with Crippen LogP contribution >= 0.6 is 0 Å². The number of hydrogen-bond acceptors (Lipinski definition) is 3. The van der Waals surface area contributed by atoms with Crippen LogP contribution in [0.25, 0.3) is 5.69 Å². The highest BCUT2D eigenvalue weighted by atomic mass is 16.1. The average Bonchev–Trinajstić information content (AvgIpc) is 2.84. The fourth-order valence-corrected chi connectivity index (χ4v) is 2.95. The predicted molar refractivity (Wildman–Crippen MR) is 87.3 cm³/mol. The Morgan fingerprint density at radius 3 is 2.59 bits per heavy atom. The van der Waals surface area contributed by atoms with Gasteiger partial charge in [-0.05, 0) is 51.9 Å². The molecule has 1 saturated heterocycles. The molecule has 0 spiro atoms. The van der Waals surface area contributed by atoms with E-state index in [2.05, 4.69) is 15.7 Å². The highest BCUT2D eigenvalue weighted by Crippen LogP contribution is 2.24. The van der Waals surface area contributed by atoms with Crippen molar-refractivity contribution in [2.75, 3.05) is 18.4 Å². The first kappa shape index (κ1) is 14.8. The summed E-state index contributed by atoms with van der Waals surface area (Å²) in [7, 11) is 0. The maximum Gasteiger partial charge on any atom is 0.227 e. The highest BCUT2D eigenvalue weighted by molar-refractivity contribution is 5.93. The van der Waals surface area contributed by atoms with Crippen molar-refractivity contribution in [3.05, 3.63) is 41.7 Å². The van der Waals surface area contributed by atoms with Gasteiger partial charge in [0.05, 0.1) is 22.8 Å². The van der Waals surface area contributed by atoms with E-state index >= 15 is 0 Å². The van der Waals surface area contributed by atoms with E-state index in [9.17, 15) is 4.79 Å². The molecule has 0 saturated carbocycles. The molecule has 0 unspecified atom stereocenters. The van der Waals surface area contributed by atoms with Crippen molar-refractivity contribution in [2.24, 2.45) is 5.92 Å². The van der Waals surface area contributed by atoms with Crippen LogP contribution in [0.5, 0.6) is 0 Å². The first-order valence-corrected chi connectivity index (χ1v) is 7.80. The van der Waals surface area contributed by atoms with Gasteiger partial charge in [-0.15, -0.1) is 0 Å². The third-order valence-corrected chi connectivity index (χ3v) is 4.25. The summed E-state index contributed by atoms with van der Waals surface area (Å²) < 4.78 is 1.88. The maximum atomic E-state index is 12.4. The van der Waals surface area contributed by atoms with Crippen LogP contribution in [0.15, 0.2) is 30.3 Å². The van der Waals surface area contributed by atoms with E-state index in [-0.39, 0.29) is 11.8 Å². The van der Waals surface area contributed by atoms with Crippen LogP contribution in [0, 0.1) is 19.8 Å². The maximum absolute atomic E-state index is 12.4. The molecular weight excluding hydrogens is 276 g/mol. The highest BCUT2D eigenvalue weighted by Gasteiger charge is 2.23. The molecule has 1 aromatic heterocycles. The number of rotatable bonds is 3. The van der Waals surface area contributed by atoms with Crippen LogP contribution in [0.2, 0.25) is 0 Å². The predicted octanol–water partition coefficient (Wildman–Crippen LogP) is 2.43. The molecule has 1 aliphatic heterocycles. The fourth-order valence-electron chi connectivity index (χ4n) is 2.95. The quantitative estimate of drug-likeness (QED) is 0.915. The van der Waals surface area contributed by atoms with Crippen LogP contribution in [-0.2, 0) is 4.79 Å². The zero-order valence-electron chi connectivity index (χ0n) is 13.1. The van der Waals surface area contributed by atoms with Gasteiger partial charge in [-0.2, -0.15) is 5.10 Å². The van der Waals surface area contributed by atoms with Gasteiger partial charge in [-0.1, -0.05) is 18.2 Å². The summed E-state index contributed by atoms with van der Waals surface area (Å²) in [6.45, 7) is 5.76. The first-order chi connectivity index (χ1) is 10.7. The van der Waals surface area contributed by atoms with Gasteiger partial charge < -0.3 is 10.6 Å². The van der Waals surface area contributed by atoms with Crippen molar-refractivity contribution in [1.29, 1.82) is 0 Å². The number of carbonyl (C=O) groups is 1. The molecule has 0 atom stereocenters. The van der Waals surface area contributed by atoms with Gasteiger partial charge in [0.2, 0.25) is 5.91 Å². The monoisotopic (exact) mass is 298 g/mol. The number of benzene rings is 1. The molecule has 0 radical (unpaired) electrons. The van der Waals surface area contributed by atoms with E-state index in [0.717, 1.165) is 48.7 Å². The molecule has 22 heavy (non-hydrogen) atoms. The molecule has 5 nitrogen and oxygen atoms in total. The topological polar surface area (TPSA) is 59.0 Å². The number of anilines is 1. The van der Waals surface area contributed by atoms with Crippen LogP contribution in [0.3, 0.4) is 0 Å². The molecule has 3 rings (SSSR count). The van der Waals surface area contributed by atoms with Crippen molar-refractivity contribution >= 4 is 11.6 Å². The van der Waals surface area contributed by atoms with E-state index < -0.39 is 0 Å². The van der Waals surface area contributed by atoms with Crippen molar-refractivity contribution in [3.8, 4) is 5.69 Å². The molecule has 0 aliphatic carbocycles. The lowest BCUT2D eigenvalue weighted by Crippen LogP contribution is -2.34. The number of nitrogens with one attached hydrogen (secondary N) is 2. The SMILES string of the molecule is Cc1nn(-c2ccccc2)c(C)c1NC(=O)C1CCNCC1. The van der Waals surface area contributed by atoms with Crippen molar-refractivity contribution in [1.82, 2.24) is 15.1 Å². The van der Waals surface area contributed by atoms with E-state index in [1.165, 1.54) is 0 Å². The zero-order valence-corrected chi connectivity index (χ0v) is 13.1. The minimum atomic E-state index is 0.0973. The fraction of sp³-hybridized carbons (Fsp3) is 0.412. The molecular formula is C17H22N4O. The molecule has 5 heteroatoms. The zero-order chi connectivity index (χ0) is 15.5. The second kappa shape index (κ2) is 6.32. The van der Waals surface area contributed by atoms with E-state index in [1.807, 2.05) is 48.9 Å². The molecule has 1 fully saturated rings. The minimum Gasteiger partial charge on any atom is -0.323 e.